The Morgan fingerprint density at radius 3 is 2.94 bits per heavy atom. The second-order valence-corrected chi connectivity index (χ2v) is 3.91. The normalized spacial score (nSPS) is 20.2. The van der Waals surface area contributed by atoms with Crippen molar-refractivity contribution in [3.63, 3.8) is 0 Å². The number of nitrogens with zero attached hydrogens (tertiary/aromatic N) is 1. The number of pyridine rings is 1. The Bertz CT molecular complexity index is 476. The van der Waals surface area contributed by atoms with E-state index >= 15 is 0 Å². The van der Waals surface area contributed by atoms with Crippen LogP contribution in [0.25, 0.3) is 0 Å². The summed E-state index contributed by atoms with van der Waals surface area (Å²) in [5.74, 6) is -1.75. The largest absolute Gasteiger partial charge is 0.326 e. The monoisotopic (exact) mass is 237 g/mol. The maximum absolute atomic E-state index is 12.9. The molecule has 3 N–H and O–H groups in total. The zero-order valence-corrected chi connectivity index (χ0v) is 9.07. The SMILES string of the molecule is NCc1cc(F)ncc1C1CCC(=O)NC1=O. The highest BCUT2D eigenvalue weighted by Gasteiger charge is 2.29. The Balaban J connectivity index is 2.33. The van der Waals surface area contributed by atoms with Crippen molar-refractivity contribution in [1.82, 2.24) is 10.3 Å². The number of imide groups is 1. The Morgan fingerprint density at radius 1 is 1.53 bits per heavy atom. The van der Waals surface area contributed by atoms with Crippen molar-refractivity contribution in [3.8, 4) is 0 Å². The number of rotatable bonds is 2. The lowest BCUT2D eigenvalue weighted by Crippen LogP contribution is -2.39. The van der Waals surface area contributed by atoms with Crippen LogP contribution in [-0.2, 0) is 16.1 Å². The summed E-state index contributed by atoms with van der Waals surface area (Å²) in [6, 6.07) is 1.22. The minimum absolute atomic E-state index is 0.131. The highest BCUT2D eigenvalue weighted by molar-refractivity contribution is 6.01. The van der Waals surface area contributed by atoms with Gasteiger partial charge in [0.25, 0.3) is 0 Å². The second-order valence-electron chi connectivity index (χ2n) is 3.91. The summed E-state index contributed by atoms with van der Waals surface area (Å²) in [5.41, 5.74) is 6.65. The summed E-state index contributed by atoms with van der Waals surface area (Å²) in [6.07, 6.45) is 2.00. The molecule has 1 fully saturated rings. The highest BCUT2D eigenvalue weighted by Crippen LogP contribution is 2.27. The van der Waals surface area contributed by atoms with E-state index in [9.17, 15) is 14.0 Å². The molecule has 0 radical (unpaired) electrons. The molecule has 2 rings (SSSR count). The number of carbonyl (C=O) groups is 2. The molecule has 2 heterocycles. The first kappa shape index (κ1) is 11.7. The third-order valence-electron chi connectivity index (χ3n) is 2.83. The van der Waals surface area contributed by atoms with Gasteiger partial charge in [-0.2, -0.15) is 4.39 Å². The van der Waals surface area contributed by atoms with Gasteiger partial charge < -0.3 is 5.73 Å². The molecule has 1 unspecified atom stereocenters. The van der Waals surface area contributed by atoms with Crippen LogP contribution in [0, 0.1) is 5.95 Å². The number of aromatic nitrogens is 1. The molecule has 1 aromatic rings. The van der Waals surface area contributed by atoms with Crippen LogP contribution >= 0.6 is 0 Å². The van der Waals surface area contributed by atoms with Gasteiger partial charge >= 0.3 is 0 Å². The summed E-state index contributed by atoms with van der Waals surface area (Å²) in [7, 11) is 0. The molecule has 6 heteroatoms. The number of nitrogens with one attached hydrogen (secondary N) is 1. The molecule has 0 aromatic carbocycles. The number of hydrogen-bond acceptors (Lipinski definition) is 4. The third kappa shape index (κ3) is 2.31. The van der Waals surface area contributed by atoms with Crippen LogP contribution in [0.15, 0.2) is 12.3 Å². The van der Waals surface area contributed by atoms with Crippen LogP contribution in [0.5, 0.6) is 0 Å². The maximum atomic E-state index is 12.9. The van der Waals surface area contributed by atoms with Crippen LogP contribution in [0.1, 0.15) is 29.9 Å². The smallest absolute Gasteiger partial charge is 0.234 e. The summed E-state index contributed by atoms with van der Waals surface area (Å²) < 4.78 is 12.9. The zero-order chi connectivity index (χ0) is 12.4. The molecular weight excluding hydrogens is 225 g/mol. The molecule has 0 spiro atoms. The summed E-state index contributed by atoms with van der Waals surface area (Å²) in [6.45, 7) is 0.131. The first-order chi connectivity index (χ1) is 8.11. The lowest BCUT2D eigenvalue weighted by atomic mass is 9.88. The molecule has 90 valence electrons. The van der Waals surface area contributed by atoms with Crippen LogP contribution in [0.2, 0.25) is 0 Å². The van der Waals surface area contributed by atoms with E-state index in [0.717, 1.165) is 0 Å². The fraction of sp³-hybridized carbons (Fsp3) is 0.364. The fourth-order valence-electron chi connectivity index (χ4n) is 1.96. The maximum Gasteiger partial charge on any atom is 0.234 e. The van der Waals surface area contributed by atoms with Crippen LogP contribution in [0.3, 0.4) is 0 Å². The molecule has 1 aromatic heterocycles. The minimum atomic E-state index is -0.624. The van der Waals surface area contributed by atoms with Crippen LogP contribution < -0.4 is 11.1 Å². The standard InChI is InChI=1S/C11H12FN3O2/c12-9-3-6(4-13)8(5-14-9)7-1-2-10(16)15-11(7)17/h3,5,7H,1-2,4,13H2,(H,15,16,17). The molecule has 1 aliphatic heterocycles. The lowest BCUT2D eigenvalue weighted by Gasteiger charge is -2.22. The van der Waals surface area contributed by atoms with E-state index in [4.69, 9.17) is 5.73 Å². The van der Waals surface area contributed by atoms with Crippen molar-refractivity contribution in [3.05, 3.63) is 29.3 Å². The molecule has 17 heavy (non-hydrogen) atoms. The minimum Gasteiger partial charge on any atom is -0.326 e. The number of carbonyl (C=O) groups excluding carboxylic acids is 2. The van der Waals surface area contributed by atoms with Gasteiger partial charge in [-0.25, -0.2) is 4.98 Å². The average Bonchev–Trinajstić information content (AvgIpc) is 2.30. The first-order valence-corrected chi connectivity index (χ1v) is 5.30. The van der Waals surface area contributed by atoms with Gasteiger partial charge in [0.15, 0.2) is 0 Å². The summed E-state index contributed by atoms with van der Waals surface area (Å²) in [4.78, 5) is 26.2. The van der Waals surface area contributed by atoms with Gasteiger partial charge in [-0.05, 0) is 23.6 Å². The number of piperidine rings is 1. The van der Waals surface area contributed by atoms with E-state index in [1.54, 1.807) is 0 Å². The van der Waals surface area contributed by atoms with Gasteiger partial charge in [0.05, 0.1) is 5.92 Å². The van der Waals surface area contributed by atoms with Gasteiger partial charge in [-0.15, -0.1) is 0 Å². The van der Waals surface area contributed by atoms with Crippen molar-refractivity contribution >= 4 is 11.8 Å². The van der Waals surface area contributed by atoms with Gasteiger partial charge in [0.1, 0.15) is 0 Å². The molecule has 0 saturated carbocycles. The molecule has 0 aliphatic carbocycles. The Morgan fingerprint density at radius 2 is 2.29 bits per heavy atom. The predicted molar refractivity (Wildman–Crippen MR) is 57.2 cm³/mol. The van der Waals surface area contributed by atoms with E-state index in [1.807, 2.05) is 0 Å². The van der Waals surface area contributed by atoms with Crippen molar-refractivity contribution in [2.24, 2.45) is 5.73 Å². The highest BCUT2D eigenvalue weighted by atomic mass is 19.1. The van der Waals surface area contributed by atoms with Gasteiger partial charge in [-0.3, -0.25) is 14.9 Å². The second kappa shape index (κ2) is 4.58. The molecule has 2 amide bonds. The van der Waals surface area contributed by atoms with Gasteiger partial charge in [-0.1, -0.05) is 0 Å². The number of nitrogens with two attached hydrogens (primary N) is 1. The number of amides is 2. The van der Waals surface area contributed by atoms with E-state index in [0.29, 0.717) is 17.5 Å². The van der Waals surface area contributed by atoms with Gasteiger partial charge in [0, 0.05) is 19.2 Å². The van der Waals surface area contributed by atoms with Crippen molar-refractivity contribution in [2.45, 2.75) is 25.3 Å². The molecule has 1 atom stereocenters. The molecule has 1 saturated heterocycles. The summed E-state index contributed by atoms with van der Waals surface area (Å²) >= 11 is 0. The quantitative estimate of drug-likeness (QED) is 0.568. The van der Waals surface area contributed by atoms with E-state index in [1.165, 1.54) is 12.3 Å². The van der Waals surface area contributed by atoms with Crippen molar-refractivity contribution in [2.75, 3.05) is 0 Å². The summed E-state index contributed by atoms with van der Waals surface area (Å²) in [5, 5.41) is 2.25. The number of hydrogen-bond donors (Lipinski definition) is 2. The van der Waals surface area contributed by atoms with E-state index < -0.39 is 11.9 Å². The fourth-order valence-corrected chi connectivity index (χ4v) is 1.96. The van der Waals surface area contributed by atoms with Crippen molar-refractivity contribution < 1.29 is 14.0 Å². The lowest BCUT2D eigenvalue weighted by molar-refractivity contribution is -0.134. The first-order valence-electron chi connectivity index (χ1n) is 5.30. The zero-order valence-electron chi connectivity index (χ0n) is 9.07. The van der Waals surface area contributed by atoms with Crippen LogP contribution in [-0.4, -0.2) is 16.8 Å². The molecule has 0 bridgehead atoms. The molecule has 1 aliphatic rings. The van der Waals surface area contributed by atoms with Crippen LogP contribution in [0.4, 0.5) is 4.39 Å². The molecular formula is C11H12FN3O2. The van der Waals surface area contributed by atoms with Crippen molar-refractivity contribution in [1.29, 1.82) is 0 Å². The van der Waals surface area contributed by atoms with E-state index in [-0.39, 0.29) is 24.8 Å². The predicted octanol–water partition coefficient (Wildman–Crippen LogP) is 0.200. The third-order valence-corrected chi connectivity index (χ3v) is 2.83. The topological polar surface area (TPSA) is 85.1 Å². The average molecular weight is 237 g/mol. The van der Waals surface area contributed by atoms with E-state index in [2.05, 4.69) is 10.3 Å². The Labute approximate surface area is 97.2 Å². The van der Waals surface area contributed by atoms with Gasteiger partial charge in [0.2, 0.25) is 17.8 Å². The Hall–Kier alpha value is -1.82. The number of halogens is 1. The Kier molecular flexibility index (Phi) is 3.14. The molecule has 5 nitrogen and oxygen atoms in total.